The summed E-state index contributed by atoms with van der Waals surface area (Å²) in [6, 6.07) is 4.33. The molecule has 0 bridgehead atoms. The molecule has 0 spiro atoms. The molecule has 0 unspecified atom stereocenters. The van der Waals surface area contributed by atoms with Crippen LogP contribution in [0.2, 0.25) is 5.02 Å². The fraction of sp³-hybridized carbons (Fsp3) is 0.250. The molecule has 0 aliphatic carbocycles. The summed E-state index contributed by atoms with van der Waals surface area (Å²) in [4.78, 5) is 21.5. The molecule has 6 heteroatoms. The number of nitro benzene ring substituents is 1. The first kappa shape index (κ1) is 14.2. The molecule has 0 radical (unpaired) electrons. The molecule has 0 aliphatic heterocycles. The van der Waals surface area contributed by atoms with E-state index in [2.05, 4.69) is 0 Å². The maximum absolute atomic E-state index is 11.4. The van der Waals surface area contributed by atoms with E-state index in [4.69, 9.17) is 16.3 Å². The summed E-state index contributed by atoms with van der Waals surface area (Å²) in [6.45, 7) is 3.57. The third-order valence-electron chi connectivity index (χ3n) is 2.15. The zero-order valence-electron chi connectivity index (χ0n) is 9.97. The molecule has 1 aromatic rings. The highest BCUT2D eigenvalue weighted by atomic mass is 35.5. The number of nitro groups is 1. The Hall–Kier alpha value is -1.88. The Morgan fingerprint density at radius 1 is 1.56 bits per heavy atom. The van der Waals surface area contributed by atoms with Crippen molar-refractivity contribution in [2.45, 2.75) is 13.8 Å². The number of carbonyl (C=O) groups excluding carboxylic acids is 1. The topological polar surface area (TPSA) is 69.4 Å². The Morgan fingerprint density at radius 2 is 2.22 bits per heavy atom. The van der Waals surface area contributed by atoms with Gasteiger partial charge in [0, 0.05) is 11.6 Å². The molecule has 0 amide bonds. The van der Waals surface area contributed by atoms with E-state index in [1.807, 2.05) is 0 Å². The highest BCUT2D eigenvalue weighted by Gasteiger charge is 2.12. The van der Waals surface area contributed by atoms with Gasteiger partial charge in [-0.25, -0.2) is 4.79 Å². The van der Waals surface area contributed by atoms with Gasteiger partial charge in [0.1, 0.15) is 5.02 Å². The summed E-state index contributed by atoms with van der Waals surface area (Å²) in [5.74, 6) is -0.449. The van der Waals surface area contributed by atoms with Crippen LogP contribution in [0.15, 0.2) is 23.8 Å². The molecule has 0 saturated heterocycles. The van der Waals surface area contributed by atoms with Crippen molar-refractivity contribution in [3.63, 3.8) is 0 Å². The molecule has 5 nitrogen and oxygen atoms in total. The second kappa shape index (κ2) is 6.16. The molecule has 0 aliphatic rings. The maximum Gasteiger partial charge on any atom is 0.333 e. The Labute approximate surface area is 109 Å². The monoisotopic (exact) mass is 269 g/mol. The zero-order chi connectivity index (χ0) is 13.7. The van der Waals surface area contributed by atoms with E-state index in [0.717, 1.165) is 0 Å². The predicted molar refractivity (Wildman–Crippen MR) is 68.4 cm³/mol. The van der Waals surface area contributed by atoms with E-state index < -0.39 is 10.9 Å². The lowest BCUT2D eigenvalue weighted by atomic mass is 10.1. The van der Waals surface area contributed by atoms with E-state index in [-0.39, 0.29) is 17.3 Å². The molecule has 1 aromatic carbocycles. The molecule has 0 N–H and O–H groups in total. The number of carbonyl (C=O) groups is 1. The van der Waals surface area contributed by atoms with Gasteiger partial charge in [-0.3, -0.25) is 10.1 Å². The van der Waals surface area contributed by atoms with Gasteiger partial charge in [-0.2, -0.15) is 0 Å². The lowest BCUT2D eigenvalue weighted by Gasteiger charge is -2.02. The number of halogens is 1. The Balaban J connectivity index is 3.05. The van der Waals surface area contributed by atoms with Crippen LogP contribution in [-0.2, 0) is 9.53 Å². The molecular weight excluding hydrogens is 258 g/mol. The van der Waals surface area contributed by atoms with Crippen molar-refractivity contribution in [1.82, 2.24) is 0 Å². The van der Waals surface area contributed by atoms with Crippen LogP contribution in [0.4, 0.5) is 5.69 Å². The van der Waals surface area contributed by atoms with Crippen LogP contribution < -0.4 is 0 Å². The third kappa shape index (κ3) is 3.56. The maximum atomic E-state index is 11.4. The lowest BCUT2D eigenvalue weighted by Crippen LogP contribution is -2.04. The molecule has 0 aromatic heterocycles. The van der Waals surface area contributed by atoms with E-state index in [1.54, 1.807) is 19.9 Å². The number of hydrogen-bond donors (Lipinski definition) is 0. The molecule has 0 atom stereocenters. The van der Waals surface area contributed by atoms with Gasteiger partial charge in [-0.05, 0) is 31.6 Å². The van der Waals surface area contributed by atoms with Gasteiger partial charge in [0.2, 0.25) is 0 Å². The van der Waals surface area contributed by atoms with Gasteiger partial charge in [-0.1, -0.05) is 17.7 Å². The highest BCUT2D eigenvalue weighted by Crippen LogP contribution is 2.26. The normalized spacial score (nSPS) is 11.2. The summed E-state index contributed by atoms with van der Waals surface area (Å²) >= 11 is 5.69. The Kier molecular flexibility index (Phi) is 4.85. The average Bonchev–Trinajstić information content (AvgIpc) is 2.31. The van der Waals surface area contributed by atoms with Gasteiger partial charge >= 0.3 is 5.97 Å². The number of rotatable bonds is 4. The average molecular weight is 270 g/mol. The SMILES string of the molecule is CCOC(=O)/C(C)=C/c1ccc(Cl)c([N+](=O)[O-])c1. The van der Waals surface area contributed by atoms with Crippen LogP contribution >= 0.6 is 11.6 Å². The number of ether oxygens (including phenoxy) is 1. The van der Waals surface area contributed by atoms with Crippen LogP contribution in [0, 0.1) is 10.1 Å². The van der Waals surface area contributed by atoms with Crippen LogP contribution in [0.5, 0.6) is 0 Å². The van der Waals surface area contributed by atoms with Crippen LogP contribution in [0.1, 0.15) is 19.4 Å². The minimum absolute atomic E-state index is 0.0611. The largest absolute Gasteiger partial charge is 0.463 e. The second-order valence-corrected chi connectivity index (χ2v) is 3.92. The summed E-state index contributed by atoms with van der Waals surface area (Å²) in [7, 11) is 0. The van der Waals surface area contributed by atoms with Crippen molar-refractivity contribution in [3.8, 4) is 0 Å². The minimum Gasteiger partial charge on any atom is -0.463 e. The van der Waals surface area contributed by atoms with Gasteiger partial charge in [0.15, 0.2) is 0 Å². The number of benzene rings is 1. The molecule has 0 fully saturated rings. The number of esters is 1. The number of hydrogen-bond acceptors (Lipinski definition) is 4. The molecule has 96 valence electrons. The molecular formula is C12H12ClNO4. The van der Waals surface area contributed by atoms with Crippen molar-refractivity contribution >= 4 is 29.3 Å². The Morgan fingerprint density at radius 3 is 2.78 bits per heavy atom. The van der Waals surface area contributed by atoms with E-state index >= 15 is 0 Å². The van der Waals surface area contributed by atoms with Crippen LogP contribution in [0.25, 0.3) is 6.08 Å². The van der Waals surface area contributed by atoms with Crippen molar-refractivity contribution in [3.05, 3.63) is 44.5 Å². The molecule has 1 rings (SSSR count). The predicted octanol–water partition coefficient (Wildman–Crippen LogP) is 3.21. The van der Waals surface area contributed by atoms with Crippen LogP contribution in [0.3, 0.4) is 0 Å². The van der Waals surface area contributed by atoms with E-state index in [9.17, 15) is 14.9 Å². The van der Waals surface area contributed by atoms with Gasteiger partial charge in [0.25, 0.3) is 5.69 Å². The standard InChI is InChI=1S/C12H12ClNO4/c1-3-18-12(15)8(2)6-9-4-5-10(13)11(7-9)14(16)17/h4-7H,3H2,1-2H3/b8-6+. The quantitative estimate of drug-likeness (QED) is 0.364. The fourth-order valence-electron chi connectivity index (χ4n) is 1.31. The van der Waals surface area contributed by atoms with Gasteiger partial charge in [0.05, 0.1) is 11.5 Å². The zero-order valence-corrected chi connectivity index (χ0v) is 10.7. The smallest absolute Gasteiger partial charge is 0.333 e. The highest BCUT2D eigenvalue weighted by molar-refractivity contribution is 6.32. The van der Waals surface area contributed by atoms with Crippen molar-refractivity contribution in [2.75, 3.05) is 6.61 Å². The second-order valence-electron chi connectivity index (χ2n) is 3.52. The first-order valence-electron chi connectivity index (χ1n) is 5.25. The summed E-state index contributed by atoms with van der Waals surface area (Å²) in [5.41, 5.74) is 0.701. The van der Waals surface area contributed by atoms with Gasteiger partial charge in [-0.15, -0.1) is 0 Å². The molecule has 18 heavy (non-hydrogen) atoms. The first-order valence-corrected chi connectivity index (χ1v) is 5.63. The van der Waals surface area contributed by atoms with E-state index in [0.29, 0.717) is 11.1 Å². The summed E-state index contributed by atoms with van der Waals surface area (Å²) in [6.07, 6.45) is 1.52. The van der Waals surface area contributed by atoms with Crippen molar-refractivity contribution in [1.29, 1.82) is 0 Å². The fourth-order valence-corrected chi connectivity index (χ4v) is 1.50. The van der Waals surface area contributed by atoms with Crippen molar-refractivity contribution < 1.29 is 14.5 Å². The summed E-state index contributed by atoms with van der Waals surface area (Å²) < 4.78 is 4.81. The lowest BCUT2D eigenvalue weighted by molar-refractivity contribution is -0.384. The van der Waals surface area contributed by atoms with Crippen LogP contribution in [-0.4, -0.2) is 17.5 Å². The Bertz CT molecular complexity index is 511. The van der Waals surface area contributed by atoms with Crippen molar-refractivity contribution in [2.24, 2.45) is 0 Å². The van der Waals surface area contributed by atoms with E-state index in [1.165, 1.54) is 18.2 Å². The van der Waals surface area contributed by atoms with Gasteiger partial charge < -0.3 is 4.74 Å². The molecule has 0 saturated carbocycles. The molecule has 0 heterocycles. The third-order valence-corrected chi connectivity index (χ3v) is 2.47. The summed E-state index contributed by atoms with van der Waals surface area (Å²) in [5, 5.41) is 10.8. The minimum atomic E-state index is -0.570. The first-order chi connectivity index (χ1) is 8.45. The number of nitrogens with zero attached hydrogens (tertiary/aromatic N) is 1.